The second-order valence-corrected chi connectivity index (χ2v) is 8.85. The highest BCUT2D eigenvalue weighted by Crippen LogP contribution is 2.24. The van der Waals surface area contributed by atoms with Crippen LogP contribution in [-0.4, -0.2) is 96.6 Å². The van der Waals surface area contributed by atoms with E-state index >= 15 is 0 Å². The molecule has 14 nitrogen and oxygen atoms in total. The average molecular weight is 482 g/mol. The largest absolute Gasteiger partial charge is 0.444 e. The number of hydrogen-bond donors (Lipinski definition) is 7. The van der Waals surface area contributed by atoms with Gasteiger partial charge in [-0.1, -0.05) is 0 Å². The first-order valence-electron chi connectivity index (χ1n) is 10.9. The van der Waals surface area contributed by atoms with Crippen LogP contribution >= 0.6 is 0 Å². The first kappa shape index (κ1) is 25.6. The van der Waals surface area contributed by atoms with Crippen molar-refractivity contribution in [2.24, 2.45) is 0 Å². The molecule has 0 bridgehead atoms. The van der Waals surface area contributed by atoms with Crippen LogP contribution in [0.5, 0.6) is 0 Å². The summed E-state index contributed by atoms with van der Waals surface area (Å²) in [7, 11) is 0. The number of anilines is 1. The SMILES string of the molecule is CC(C)(C)OC(=O)NCCCC(=O)N[C@@H]1[C@@H](O)[C@H](O)[C@@H](Nc2ncnc3nc[nH]c23)O[C@H]1CO. The van der Waals surface area contributed by atoms with E-state index in [2.05, 4.69) is 35.9 Å². The second kappa shape index (κ2) is 10.9. The van der Waals surface area contributed by atoms with Gasteiger partial charge < -0.3 is 45.7 Å². The number of amides is 2. The maximum absolute atomic E-state index is 12.4. The number of aromatic amines is 1. The summed E-state index contributed by atoms with van der Waals surface area (Å²) in [5, 5.41) is 39.0. The van der Waals surface area contributed by atoms with E-state index in [0.717, 1.165) is 0 Å². The number of nitrogens with zero attached hydrogens (tertiary/aromatic N) is 3. The molecule has 1 saturated heterocycles. The molecule has 5 atom stereocenters. The van der Waals surface area contributed by atoms with Gasteiger partial charge in [-0.3, -0.25) is 4.79 Å². The van der Waals surface area contributed by atoms with Crippen molar-refractivity contribution >= 4 is 29.0 Å². The third kappa shape index (κ3) is 6.50. The summed E-state index contributed by atoms with van der Waals surface area (Å²) in [5.74, 6) is -0.152. The number of aromatic nitrogens is 4. The third-order valence-corrected chi connectivity index (χ3v) is 5.01. The lowest BCUT2D eigenvalue weighted by molar-refractivity contribution is -0.185. The fraction of sp³-hybridized carbons (Fsp3) is 0.650. The van der Waals surface area contributed by atoms with Crippen LogP contribution in [0.4, 0.5) is 10.6 Å². The number of hydrogen-bond acceptors (Lipinski definition) is 11. The Morgan fingerprint density at radius 3 is 2.68 bits per heavy atom. The van der Waals surface area contributed by atoms with Crippen molar-refractivity contribution in [1.82, 2.24) is 30.6 Å². The highest BCUT2D eigenvalue weighted by molar-refractivity contribution is 5.82. The standard InChI is InChI=1S/C20H31N7O7/c1-20(2,3)34-19(32)21-6-4-5-11(29)26-12-10(7-28)33-18(15(31)14(12)30)27-17-13-16(23-8-22-13)24-9-25-17/h8-10,12,14-15,18,28,30-31H,4-7H2,1-3H3,(H,21,32)(H,26,29)(H2,22,23,24,25,27)/t10-,12-,14+,15-,18-/m0/s1. The summed E-state index contributed by atoms with van der Waals surface area (Å²) in [6.07, 6.45) is -2.53. The number of carbonyl (C=O) groups is 2. The number of aliphatic hydroxyl groups excluding tert-OH is 3. The molecule has 14 heteroatoms. The molecule has 0 spiro atoms. The number of rotatable bonds is 8. The van der Waals surface area contributed by atoms with Gasteiger partial charge in [0, 0.05) is 13.0 Å². The quantitative estimate of drug-likeness (QED) is 0.228. The predicted molar refractivity (Wildman–Crippen MR) is 118 cm³/mol. The van der Waals surface area contributed by atoms with E-state index in [9.17, 15) is 24.9 Å². The Morgan fingerprint density at radius 2 is 1.97 bits per heavy atom. The Balaban J connectivity index is 1.52. The van der Waals surface area contributed by atoms with E-state index in [-0.39, 0.29) is 18.8 Å². The van der Waals surface area contributed by atoms with Crippen LogP contribution in [0.3, 0.4) is 0 Å². The van der Waals surface area contributed by atoms with Gasteiger partial charge in [0.2, 0.25) is 5.91 Å². The van der Waals surface area contributed by atoms with Gasteiger partial charge >= 0.3 is 6.09 Å². The molecule has 3 heterocycles. The fourth-order valence-electron chi connectivity index (χ4n) is 3.44. The molecule has 2 amide bonds. The maximum atomic E-state index is 12.4. The molecular formula is C20H31N7O7. The number of fused-ring (bicyclic) bond motifs is 1. The fourth-order valence-corrected chi connectivity index (χ4v) is 3.44. The molecule has 0 radical (unpaired) electrons. The van der Waals surface area contributed by atoms with Crippen LogP contribution in [0.15, 0.2) is 12.7 Å². The lowest BCUT2D eigenvalue weighted by atomic mass is 9.95. The number of imidazole rings is 1. The summed E-state index contributed by atoms with van der Waals surface area (Å²) in [6.45, 7) is 4.93. The maximum Gasteiger partial charge on any atom is 0.407 e. The number of ether oxygens (including phenoxy) is 2. The van der Waals surface area contributed by atoms with Crippen molar-refractivity contribution in [2.75, 3.05) is 18.5 Å². The summed E-state index contributed by atoms with van der Waals surface area (Å²) >= 11 is 0. The molecule has 1 fully saturated rings. The summed E-state index contributed by atoms with van der Waals surface area (Å²) in [5.41, 5.74) is 0.251. The summed E-state index contributed by atoms with van der Waals surface area (Å²) in [6, 6.07) is -1.05. The van der Waals surface area contributed by atoms with Crippen LogP contribution in [0.1, 0.15) is 33.6 Å². The van der Waals surface area contributed by atoms with Gasteiger partial charge in [0.1, 0.15) is 35.8 Å². The zero-order valence-electron chi connectivity index (χ0n) is 19.2. The van der Waals surface area contributed by atoms with E-state index in [1.54, 1.807) is 20.8 Å². The number of H-pyrrole nitrogens is 1. The number of aliphatic hydroxyl groups is 3. The summed E-state index contributed by atoms with van der Waals surface area (Å²) < 4.78 is 10.8. The van der Waals surface area contributed by atoms with Crippen molar-refractivity contribution in [2.45, 2.75) is 69.8 Å². The van der Waals surface area contributed by atoms with Crippen LogP contribution in [-0.2, 0) is 14.3 Å². The predicted octanol–water partition coefficient (Wildman–Crippen LogP) is -1.01. The average Bonchev–Trinajstić information content (AvgIpc) is 3.25. The number of nitrogens with one attached hydrogen (secondary N) is 4. The van der Waals surface area contributed by atoms with Crippen molar-refractivity contribution in [1.29, 1.82) is 0 Å². The van der Waals surface area contributed by atoms with E-state index in [0.29, 0.717) is 17.6 Å². The Morgan fingerprint density at radius 1 is 1.21 bits per heavy atom. The number of carbonyl (C=O) groups excluding carboxylic acids is 2. The molecule has 188 valence electrons. The molecule has 34 heavy (non-hydrogen) atoms. The first-order chi connectivity index (χ1) is 16.1. The summed E-state index contributed by atoms with van der Waals surface area (Å²) in [4.78, 5) is 39.0. The molecular weight excluding hydrogens is 450 g/mol. The Hall–Kier alpha value is -3.07. The molecule has 3 rings (SSSR count). The minimum absolute atomic E-state index is 0.0354. The van der Waals surface area contributed by atoms with E-state index in [1.165, 1.54) is 12.7 Å². The molecule has 0 aromatic carbocycles. The lowest BCUT2D eigenvalue weighted by Crippen LogP contribution is -2.65. The Bertz CT molecular complexity index is 978. The smallest absolute Gasteiger partial charge is 0.407 e. The topological polar surface area (TPSA) is 204 Å². The normalized spacial score (nSPS) is 25.1. The molecule has 1 aliphatic rings. The van der Waals surface area contributed by atoms with Gasteiger partial charge in [-0.15, -0.1) is 0 Å². The zero-order chi connectivity index (χ0) is 24.9. The van der Waals surface area contributed by atoms with E-state index in [1.807, 2.05) is 0 Å². The van der Waals surface area contributed by atoms with E-state index < -0.39 is 54.8 Å². The highest BCUT2D eigenvalue weighted by atomic mass is 16.6. The molecule has 7 N–H and O–H groups in total. The number of alkyl carbamates (subject to hydrolysis) is 1. The van der Waals surface area contributed by atoms with Crippen molar-refractivity contribution in [3.8, 4) is 0 Å². The van der Waals surface area contributed by atoms with Gasteiger partial charge in [0.05, 0.1) is 19.0 Å². The highest BCUT2D eigenvalue weighted by Gasteiger charge is 2.45. The lowest BCUT2D eigenvalue weighted by Gasteiger charge is -2.42. The van der Waals surface area contributed by atoms with Crippen molar-refractivity contribution in [3.63, 3.8) is 0 Å². The van der Waals surface area contributed by atoms with Gasteiger partial charge in [0.25, 0.3) is 0 Å². The first-order valence-corrected chi connectivity index (χ1v) is 10.9. The van der Waals surface area contributed by atoms with E-state index in [4.69, 9.17) is 9.47 Å². The Labute approximate surface area is 195 Å². The van der Waals surface area contributed by atoms with Crippen molar-refractivity contribution < 1.29 is 34.4 Å². The third-order valence-electron chi connectivity index (χ3n) is 5.01. The molecule has 1 aliphatic heterocycles. The van der Waals surface area contributed by atoms with Gasteiger partial charge in [-0.25, -0.2) is 19.7 Å². The van der Waals surface area contributed by atoms with Crippen molar-refractivity contribution in [3.05, 3.63) is 12.7 Å². The van der Waals surface area contributed by atoms with Crippen LogP contribution in [0.25, 0.3) is 11.2 Å². The minimum atomic E-state index is -1.45. The van der Waals surface area contributed by atoms with Crippen LogP contribution in [0, 0.1) is 0 Å². The molecule has 2 aromatic rings. The molecule has 0 aliphatic carbocycles. The minimum Gasteiger partial charge on any atom is -0.444 e. The Kier molecular flexibility index (Phi) is 8.19. The van der Waals surface area contributed by atoms with Gasteiger partial charge in [-0.05, 0) is 27.2 Å². The van der Waals surface area contributed by atoms with Crippen LogP contribution < -0.4 is 16.0 Å². The van der Waals surface area contributed by atoms with Crippen LogP contribution in [0.2, 0.25) is 0 Å². The van der Waals surface area contributed by atoms with Gasteiger partial charge in [0.15, 0.2) is 17.7 Å². The monoisotopic (exact) mass is 481 g/mol. The van der Waals surface area contributed by atoms with Gasteiger partial charge in [-0.2, -0.15) is 0 Å². The second-order valence-electron chi connectivity index (χ2n) is 8.85. The molecule has 2 aromatic heterocycles. The molecule has 0 saturated carbocycles. The zero-order valence-corrected chi connectivity index (χ0v) is 19.2. The molecule has 0 unspecified atom stereocenters.